The topological polar surface area (TPSA) is 109 Å². The van der Waals surface area contributed by atoms with Crippen LogP contribution in [0.25, 0.3) is 0 Å². The number of hydrogen-bond acceptors (Lipinski definition) is 5. The summed E-state index contributed by atoms with van der Waals surface area (Å²) in [7, 11) is 3.31. The molecule has 34 heavy (non-hydrogen) atoms. The van der Waals surface area contributed by atoms with Gasteiger partial charge in [0.15, 0.2) is 0 Å². The van der Waals surface area contributed by atoms with Crippen LogP contribution in [0.1, 0.15) is 29.6 Å². The highest BCUT2D eigenvalue weighted by atomic mass is 19.1. The number of amides is 4. The zero-order valence-corrected chi connectivity index (χ0v) is 19.0. The fourth-order valence-corrected chi connectivity index (χ4v) is 4.24. The Morgan fingerprint density at radius 3 is 2.53 bits per heavy atom. The van der Waals surface area contributed by atoms with Crippen molar-refractivity contribution < 1.29 is 28.2 Å². The number of rotatable bonds is 4. The van der Waals surface area contributed by atoms with Crippen LogP contribution in [0.15, 0.2) is 42.5 Å². The van der Waals surface area contributed by atoms with Crippen molar-refractivity contribution in [2.75, 3.05) is 31.3 Å². The summed E-state index contributed by atoms with van der Waals surface area (Å²) in [5.74, 6) is -0.353. The summed E-state index contributed by atoms with van der Waals surface area (Å²) in [5, 5.41) is 7.90. The van der Waals surface area contributed by atoms with Crippen LogP contribution in [0.4, 0.5) is 20.6 Å². The van der Waals surface area contributed by atoms with E-state index in [1.165, 1.54) is 24.3 Å². The lowest BCUT2D eigenvalue weighted by Crippen LogP contribution is -2.53. The van der Waals surface area contributed by atoms with Crippen LogP contribution in [0.2, 0.25) is 0 Å². The lowest BCUT2D eigenvalue weighted by atomic mass is 9.94. The molecule has 2 aliphatic heterocycles. The predicted octanol–water partition coefficient (Wildman–Crippen LogP) is 2.99. The normalized spacial score (nSPS) is 21.8. The molecule has 0 bridgehead atoms. The van der Waals surface area contributed by atoms with Crippen LogP contribution in [0.5, 0.6) is 5.75 Å². The van der Waals surface area contributed by atoms with E-state index in [1.54, 1.807) is 37.2 Å². The van der Waals surface area contributed by atoms with Gasteiger partial charge in [-0.3, -0.25) is 9.59 Å². The van der Waals surface area contributed by atoms with E-state index in [-0.39, 0.29) is 43.1 Å². The number of carbonyl (C=O) groups is 3. The number of ether oxygens (including phenoxy) is 2. The quantitative estimate of drug-likeness (QED) is 0.637. The lowest BCUT2D eigenvalue weighted by Gasteiger charge is -2.42. The van der Waals surface area contributed by atoms with Gasteiger partial charge in [0.2, 0.25) is 5.91 Å². The molecule has 2 heterocycles. The van der Waals surface area contributed by atoms with E-state index in [0.717, 1.165) is 0 Å². The molecular formula is C24H27FN4O5. The van der Waals surface area contributed by atoms with Gasteiger partial charge in [-0.1, -0.05) is 0 Å². The Kier molecular flexibility index (Phi) is 6.97. The summed E-state index contributed by atoms with van der Waals surface area (Å²) in [4.78, 5) is 39.0. The Bertz CT molecular complexity index is 1080. The van der Waals surface area contributed by atoms with Gasteiger partial charge in [0.1, 0.15) is 24.3 Å². The Morgan fingerprint density at radius 2 is 1.79 bits per heavy atom. The van der Waals surface area contributed by atoms with E-state index >= 15 is 0 Å². The second kappa shape index (κ2) is 10.1. The monoisotopic (exact) mass is 470 g/mol. The average Bonchev–Trinajstić information content (AvgIpc) is 2.83. The number of fused-ring (bicyclic) bond motifs is 2. The smallest absolute Gasteiger partial charge is 0.323 e. The van der Waals surface area contributed by atoms with Gasteiger partial charge in [-0.25, -0.2) is 9.18 Å². The fourth-order valence-electron chi connectivity index (χ4n) is 4.24. The molecular weight excluding hydrogens is 443 g/mol. The Hall–Kier alpha value is -3.66. The highest BCUT2D eigenvalue weighted by molar-refractivity contribution is 6.02. The van der Waals surface area contributed by atoms with Crippen molar-refractivity contribution >= 4 is 29.2 Å². The zero-order chi connectivity index (χ0) is 24.2. The van der Waals surface area contributed by atoms with Crippen LogP contribution in [0.3, 0.4) is 0 Å². The highest BCUT2D eigenvalue weighted by Crippen LogP contribution is 2.32. The number of nitrogens with one attached hydrogen (secondary N) is 3. The number of anilines is 2. The van der Waals surface area contributed by atoms with E-state index in [9.17, 15) is 18.8 Å². The number of nitrogens with zero attached hydrogens (tertiary/aromatic N) is 1. The van der Waals surface area contributed by atoms with Crippen LogP contribution in [-0.2, 0) is 9.53 Å². The molecule has 0 spiro atoms. The molecule has 180 valence electrons. The molecule has 2 aliphatic rings. The van der Waals surface area contributed by atoms with Crippen molar-refractivity contribution in [3.05, 3.63) is 53.8 Å². The SMILES string of the molecule is CNC(=O)C[C@H]1CC[C@@H]2[C@@H](COc3ccc(NC(=O)Nc4ccc(F)cc4)cc3C(=O)N2C)O1. The summed E-state index contributed by atoms with van der Waals surface area (Å²) in [6.45, 7) is 0.233. The molecule has 3 N–H and O–H groups in total. The van der Waals surface area contributed by atoms with Crippen molar-refractivity contribution in [3.63, 3.8) is 0 Å². The number of likely N-dealkylation sites (N-methyl/N-ethyl adjacent to an activating group) is 1. The number of hydrogen-bond donors (Lipinski definition) is 3. The maximum Gasteiger partial charge on any atom is 0.323 e. The van der Waals surface area contributed by atoms with Gasteiger partial charge in [0.05, 0.1) is 24.1 Å². The summed E-state index contributed by atoms with van der Waals surface area (Å²) in [6, 6.07) is 9.49. The molecule has 1 fully saturated rings. The molecule has 0 aromatic heterocycles. The van der Waals surface area contributed by atoms with E-state index in [0.29, 0.717) is 35.5 Å². The van der Waals surface area contributed by atoms with Crippen LogP contribution in [0, 0.1) is 5.82 Å². The number of urea groups is 1. The molecule has 0 aliphatic carbocycles. The maximum absolute atomic E-state index is 13.3. The first-order valence-corrected chi connectivity index (χ1v) is 11.1. The standard InChI is InChI=1S/C24H27FN4O5/c1-26-22(30)12-17-8-9-19-21(34-17)13-33-20-10-7-16(11-18(20)23(31)29(19)2)28-24(32)27-15-5-3-14(25)4-6-15/h3-7,10-11,17,19,21H,8-9,12-13H2,1-2H3,(H,26,30)(H2,27,28,32)/t17-,19-,21-/m1/s1. The van der Waals surface area contributed by atoms with Gasteiger partial charge in [0, 0.05) is 25.5 Å². The summed E-state index contributed by atoms with van der Waals surface area (Å²) >= 11 is 0. The second-order valence-corrected chi connectivity index (χ2v) is 8.34. The minimum atomic E-state index is -0.526. The summed E-state index contributed by atoms with van der Waals surface area (Å²) in [5.41, 5.74) is 1.17. The largest absolute Gasteiger partial charge is 0.490 e. The number of benzene rings is 2. The third kappa shape index (κ3) is 5.28. The first-order valence-electron chi connectivity index (χ1n) is 11.1. The Balaban J connectivity index is 1.46. The zero-order valence-electron chi connectivity index (χ0n) is 19.0. The molecule has 10 heteroatoms. The van der Waals surface area contributed by atoms with E-state index < -0.39 is 11.8 Å². The van der Waals surface area contributed by atoms with Gasteiger partial charge in [0.25, 0.3) is 5.91 Å². The number of halogens is 1. The second-order valence-electron chi connectivity index (χ2n) is 8.34. The Labute approximate surface area is 196 Å². The van der Waals surface area contributed by atoms with Crippen LogP contribution in [-0.4, -0.2) is 61.7 Å². The number of carbonyl (C=O) groups excluding carboxylic acids is 3. The highest BCUT2D eigenvalue weighted by Gasteiger charge is 2.39. The van der Waals surface area contributed by atoms with Crippen LogP contribution < -0.4 is 20.7 Å². The van der Waals surface area contributed by atoms with Gasteiger partial charge in [-0.2, -0.15) is 0 Å². The van der Waals surface area contributed by atoms with Gasteiger partial charge < -0.3 is 30.3 Å². The first-order chi connectivity index (χ1) is 16.3. The predicted molar refractivity (Wildman–Crippen MR) is 123 cm³/mol. The molecule has 0 unspecified atom stereocenters. The van der Waals surface area contributed by atoms with Crippen molar-refractivity contribution in [1.29, 1.82) is 0 Å². The third-order valence-corrected chi connectivity index (χ3v) is 6.06. The molecule has 2 aromatic carbocycles. The molecule has 1 saturated heterocycles. The summed E-state index contributed by atoms with van der Waals surface area (Å²) in [6.07, 6.45) is 1.03. The van der Waals surface area contributed by atoms with Gasteiger partial charge in [-0.05, 0) is 55.3 Å². The third-order valence-electron chi connectivity index (χ3n) is 6.06. The molecule has 0 saturated carbocycles. The van der Waals surface area contributed by atoms with E-state index in [2.05, 4.69) is 16.0 Å². The molecule has 2 aromatic rings. The van der Waals surface area contributed by atoms with E-state index in [4.69, 9.17) is 9.47 Å². The minimum absolute atomic E-state index is 0.0894. The van der Waals surface area contributed by atoms with Crippen molar-refractivity contribution in [3.8, 4) is 5.75 Å². The first kappa shape index (κ1) is 23.5. The molecule has 9 nitrogen and oxygen atoms in total. The lowest BCUT2D eigenvalue weighted by molar-refractivity contribution is -0.133. The van der Waals surface area contributed by atoms with Crippen molar-refractivity contribution in [2.24, 2.45) is 0 Å². The summed E-state index contributed by atoms with van der Waals surface area (Å²) < 4.78 is 25.1. The van der Waals surface area contributed by atoms with E-state index in [1.807, 2.05) is 0 Å². The molecule has 4 rings (SSSR count). The van der Waals surface area contributed by atoms with Crippen LogP contribution >= 0.6 is 0 Å². The maximum atomic E-state index is 13.3. The molecule has 4 amide bonds. The Morgan fingerprint density at radius 1 is 1.09 bits per heavy atom. The fraction of sp³-hybridized carbons (Fsp3) is 0.375. The van der Waals surface area contributed by atoms with Crippen molar-refractivity contribution in [1.82, 2.24) is 10.2 Å². The van der Waals surface area contributed by atoms with Crippen molar-refractivity contribution in [2.45, 2.75) is 37.5 Å². The average molecular weight is 471 g/mol. The molecule has 3 atom stereocenters. The van der Waals surface area contributed by atoms with Gasteiger partial charge in [-0.15, -0.1) is 0 Å². The van der Waals surface area contributed by atoms with Gasteiger partial charge >= 0.3 is 6.03 Å². The minimum Gasteiger partial charge on any atom is -0.490 e. The molecule has 0 radical (unpaired) electrons.